The fourth-order valence-corrected chi connectivity index (χ4v) is 3.78. The summed E-state index contributed by atoms with van der Waals surface area (Å²) in [6.07, 6.45) is 2.94. The zero-order valence-corrected chi connectivity index (χ0v) is 21.3. The molecular formula is C19H35IN4O4S. The lowest BCUT2D eigenvalue weighted by atomic mass is 10.1. The van der Waals surface area contributed by atoms with Gasteiger partial charge in [-0.2, -0.15) is 0 Å². The molecule has 0 bridgehead atoms. The van der Waals surface area contributed by atoms with Crippen LogP contribution in [0.5, 0.6) is 11.5 Å². The van der Waals surface area contributed by atoms with Crippen LogP contribution in [0, 0.1) is 0 Å². The molecule has 0 unspecified atom stereocenters. The van der Waals surface area contributed by atoms with Gasteiger partial charge in [0.25, 0.3) is 0 Å². The van der Waals surface area contributed by atoms with Crippen molar-refractivity contribution in [3.63, 3.8) is 0 Å². The number of rotatable bonds is 11. The third-order valence-electron chi connectivity index (χ3n) is 3.85. The number of ether oxygens (including phenoxy) is 2. The highest BCUT2D eigenvalue weighted by Crippen LogP contribution is 2.28. The molecule has 0 amide bonds. The Bertz CT molecular complexity index is 755. The first kappa shape index (κ1) is 27.7. The Morgan fingerprint density at radius 3 is 2.45 bits per heavy atom. The third kappa shape index (κ3) is 11.5. The predicted octanol–water partition coefficient (Wildman–Crippen LogP) is 2.14. The monoisotopic (exact) mass is 542 g/mol. The Kier molecular flexibility index (Phi) is 12.5. The molecule has 0 aliphatic rings. The van der Waals surface area contributed by atoms with Crippen molar-refractivity contribution >= 4 is 40.0 Å². The van der Waals surface area contributed by atoms with Crippen LogP contribution in [0.2, 0.25) is 0 Å². The number of nitrogens with zero attached hydrogens (tertiary/aromatic N) is 1. The van der Waals surface area contributed by atoms with Crippen LogP contribution in [0.3, 0.4) is 0 Å². The minimum atomic E-state index is -3.27. The highest BCUT2D eigenvalue weighted by atomic mass is 127. The molecule has 0 saturated heterocycles. The third-order valence-corrected chi connectivity index (χ3v) is 4.77. The van der Waals surface area contributed by atoms with Crippen LogP contribution in [0.15, 0.2) is 23.2 Å². The summed E-state index contributed by atoms with van der Waals surface area (Å²) in [6, 6.07) is 5.97. The van der Waals surface area contributed by atoms with E-state index < -0.39 is 15.6 Å². The Hall–Kier alpha value is -1.27. The quantitative estimate of drug-likeness (QED) is 0.172. The SMILES string of the molecule is CCOc1cc(CCCNC(=NC)NCC(C)(C)NS(C)(=O)=O)ccc1OC.I. The van der Waals surface area contributed by atoms with Crippen LogP contribution in [0.1, 0.15) is 32.8 Å². The molecule has 10 heteroatoms. The summed E-state index contributed by atoms with van der Waals surface area (Å²) in [6.45, 7) is 7.31. The zero-order chi connectivity index (χ0) is 21.2. The van der Waals surface area contributed by atoms with E-state index in [1.165, 1.54) is 5.56 Å². The van der Waals surface area contributed by atoms with Gasteiger partial charge in [-0.05, 0) is 51.3 Å². The lowest BCUT2D eigenvalue weighted by Crippen LogP contribution is -2.53. The van der Waals surface area contributed by atoms with Gasteiger partial charge in [0.1, 0.15) is 0 Å². The summed E-state index contributed by atoms with van der Waals surface area (Å²) in [7, 11) is 0.0461. The molecule has 0 spiro atoms. The summed E-state index contributed by atoms with van der Waals surface area (Å²) in [5.41, 5.74) is 0.553. The van der Waals surface area contributed by atoms with Crippen molar-refractivity contribution < 1.29 is 17.9 Å². The number of methoxy groups -OCH3 is 1. The molecule has 0 radical (unpaired) electrons. The maximum atomic E-state index is 11.4. The van der Waals surface area contributed by atoms with Crippen molar-refractivity contribution in [1.82, 2.24) is 15.4 Å². The molecule has 0 fully saturated rings. The van der Waals surface area contributed by atoms with Crippen LogP contribution in [0.25, 0.3) is 0 Å². The first-order valence-corrected chi connectivity index (χ1v) is 11.2. The number of sulfonamides is 1. The summed E-state index contributed by atoms with van der Waals surface area (Å²) >= 11 is 0. The van der Waals surface area contributed by atoms with Crippen LogP contribution >= 0.6 is 24.0 Å². The van der Waals surface area contributed by atoms with Crippen molar-refractivity contribution in [2.45, 2.75) is 39.2 Å². The summed E-state index contributed by atoms with van der Waals surface area (Å²) in [4.78, 5) is 4.17. The number of hydrogen-bond donors (Lipinski definition) is 3. The minimum absolute atomic E-state index is 0. The number of nitrogens with one attached hydrogen (secondary N) is 3. The van der Waals surface area contributed by atoms with Gasteiger partial charge in [-0.3, -0.25) is 4.99 Å². The topological polar surface area (TPSA) is 101 Å². The molecule has 0 atom stereocenters. The fraction of sp³-hybridized carbons (Fsp3) is 0.632. The fourth-order valence-electron chi connectivity index (χ4n) is 2.71. The maximum Gasteiger partial charge on any atom is 0.209 e. The average molecular weight is 542 g/mol. The maximum absolute atomic E-state index is 11.4. The van der Waals surface area contributed by atoms with E-state index in [0.717, 1.165) is 37.1 Å². The van der Waals surface area contributed by atoms with Crippen molar-refractivity contribution in [3.05, 3.63) is 23.8 Å². The summed E-state index contributed by atoms with van der Waals surface area (Å²) < 4.78 is 36.3. The van der Waals surface area contributed by atoms with E-state index in [-0.39, 0.29) is 24.0 Å². The molecule has 0 aliphatic carbocycles. The Balaban J connectivity index is 0.00000784. The van der Waals surface area contributed by atoms with Crippen LogP contribution in [-0.2, 0) is 16.4 Å². The number of halogens is 1. The van der Waals surface area contributed by atoms with E-state index >= 15 is 0 Å². The van der Waals surface area contributed by atoms with Crippen LogP contribution < -0.4 is 24.8 Å². The number of guanidine groups is 1. The van der Waals surface area contributed by atoms with E-state index in [9.17, 15) is 8.42 Å². The van der Waals surface area contributed by atoms with Crippen molar-refractivity contribution in [1.29, 1.82) is 0 Å². The van der Waals surface area contributed by atoms with Gasteiger partial charge in [0, 0.05) is 25.7 Å². The van der Waals surface area contributed by atoms with E-state index in [1.54, 1.807) is 14.2 Å². The lowest BCUT2D eigenvalue weighted by Gasteiger charge is -2.26. The Labute approximate surface area is 192 Å². The molecule has 0 heterocycles. The van der Waals surface area contributed by atoms with Crippen molar-refractivity contribution in [3.8, 4) is 11.5 Å². The van der Waals surface area contributed by atoms with Gasteiger partial charge in [-0.25, -0.2) is 13.1 Å². The molecule has 0 saturated carbocycles. The number of aliphatic imine (C=N–C) groups is 1. The number of hydrogen-bond acceptors (Lipinski definition) is 5. The molecular weight excluding hydrogens is 507 g/mol. The van der Waals surface area contributed by atoms with E-state index in [4.69, 9.17) is 9.47 Å². The normalized spacial score (nSPS) is 12.1. The van der Waals surface area contributed by atoms with Gasteiger partial charge >= 0.3 is 0 Å². The molecule has 0 aromatic heterocycles. The molecule has 0 aliphatic heterocycles. The molecule has 1 aromatic rings. The second kappa shape index (κ2) is 13.1. The van der Waals surface area contributed by atoms with Crippen molar-refractivity contribution in [2.75, 3.05) is 40.1 Å². The first-order chi connectivity index (χ1) is 13.1. The highest BCUT2D eigenvalue weighted by molar-refractivity contribution is 14.0. The summed E-state index contributed by atoms with van der Waals surface area (Å²) in [5, 5.41) is 6.39. The van der Waals surface area contributed by atoms with E-state index in [0.29, 0.717) is 19.1 Å². The largest absolute Gasteiger partial charge is 0.493 e. The van der Waals surface area contributed by atoms with Gasteiger partial charge < -0.3 is 20.1 Å². The molecule has 8 nitrogen and oxygen atoms in total. The van der Waals surface area contributed by atoms with Gasteiger partial charge in [0.15, 0.2) is 17.5 Å². The molecule has 1 aromatic carbocycles. The lowest BCUT2D eigenvalue weighted by molar-refractivity contribution is 0.310. The Morgan fingerprint density at radius 1 is 1.21 bits per heavy atom. The van der Waals surface area contributed by atoms with Crippen molar-refractivity contribution in [2.24, 2.45) is 4.99 Å². The van der Waals surface area contributed by atoms with Crippen LogP contribution in [-0.4, -0.2) is 60.0 Å². The molecule has 29 heavy (non-hydrogen) atoms. The molecule has 1 rings (SSSR count). The smallest absolute Gasteiger partial charge is 0.209 e. The van der Waals surface area contributed by atoms with Gasteiger partial charge in [0.05, 0.1) is 20.0 Å². The second-order valence-corrected chi connectivity index (χ2v) is 8.88. The highest BCUT2D eigenvalue weighted by Gasteiger charge is 2.22. The first-order valence-electron chi connectivity index (χ1n) is 9.33. The number of benzene rings is 1. The minimum Gasteiger partial charge on any atom is -0.493 e. The Morgan fingerprint density at radius 2 is 1.90 bits per heavy atom. The van der Waals surface area contributed by atoms with E-state index in [1.807, 2.05) is 39.0 Å². The standard InChI is InChI=1S/C19H34N4O4S.HI/c1-7-27-17-13-15(10-11-16(17)26-5)9-8-12-21-18(20-4)22-14-19(2,3)23-28(6,24)25;/h10-11,13,23H,7-9,12,14H2,1-6H3,(H2,20,21,22);1H. The van der Waals surface area contributed by atoms with Crippen LogP contribution in [0.4, 0.5) is 0 Å². The van der Waals surface area contributed by atoms with Gasteiger partial charge in [0.2, 0.25) is 10.0 Å². The molecule has 168 valence electrons. The average Bonchev–Trinajstić information content (AvgIpc) is 2.59. The predicted molar refractivity (Wildman–Crippen MR) is 129 cm³/mol. The van der Waals surface area contributed by atoms with E-state index in [2.05, 4.69) is 20.3 Å². The second-order valence-electron chi connectivity index (χ2n) is 7.13. The van der Waals surface area contributed by atoms with Gasteiger partial charge in [-0.1, -0.05) is 6.07 Å². The zero-order valence-electron chi connectivity index (χ0n) is 18.2. The number of aryl methyl sites for hydroxylation is 1. The van der Waals surface area contributed by atoms with Gasteiger partial charge in [-0.15, -0.1) is 24.0 Å². The summed E-state index contributed by atoms with van der Waals surface area (Å²) in [5.74, 6) is 2.13. The molecule has 3 N–H and O–H groups in total.